The van der Waals surface area contributed by atoms with Gasteiger partial charge in [-0.25, -0.2) is 9.50 Å². The van der Waals surface area contributed by atoms with E-state index < -0.39 is 0 Å². The number of hydrogen-bond donors (Lipinski definition) is 0. The maximum atomic E-state index is 13.3. The van der Waals surface area contributed by atoms with Crippen molar-refractivity contribution >= 4 is 23.3 Å². The lowest BCUT2D eigenvalue weighted by Gasteiger charge is -2.30. The Morgan fingerprint density at radius 2 is 1.71 bits per heavy atom. The van der Waals surface area contributed by atoms with Crippen LogP contribution in [-0.4, -0.2) is 55.9 Å². The van der Waals surface area contributed by atoms with Crippen LogP contribution in [0.15, 0.2) is 30.3 Å². The molecule has 3 heterocycles. The lowest BCUT2D eigenvalue weighted by Crippen LogP contribution is -2.45. The third-order valence-corrected chi connectivity index (χ3v) is 5.62. The molecule has 1 aromatic carbocycles. The largest absolute Gasteiger partial charge is 0.341 e. The van der Waals surface area contributed by atoms with E-state index in [1.807, 2.05) is 56.0 Å². The van der Waals surface area contributed by atoms with Crippen molar-refractivity contribution in [3.63, 3.8) is 0 Å². The summed E-state index contributed by atoms with van der Waals surface area (Å²) in [5.41, 5.74) is 3.56. The number of likely N-dealkylation sites (tertiary alicyclic amines) is 1. The van der Waals surface area contributed by atoms with Crippen molar-refractivity contribution in [2.75, 3.05) is 24.5 Å². The number of anilines is 1. The van der Waals surface area contributed by atoms with E-state index in [2.05, 4.69) is 15.1 Å². The number of piperidine rings is 1. The van der Waals surface area contributed by atoms with Crippen molar-refractivity contribution < 1.29 is 9.59 Å². The van der Waals surface area contributed by atoms with Gasteiger partial charge in [0.25, 0.3) is 5.78 Å². The molecule has 0 atom stereocenters. The monoisotopic (exact) mass is 420 g/mol. The number of carbonyl (C=O) groups is 2. The van der Waals surface area contributed by atoms with E-state index in [-0.39, 0.29) is 24.8 Å². The SMILES string of the molecule is Cc1ccc(N(CC(=O)N2CCCCC2)C(=O)Cc2nc3nc(C)cc(C)n3n2)cc1. The summed E-state index contributed by atoms with van der Waals surface area (Å²) in [5, 5.41) is 4.45. The van der Waals surface area contributed by atoms with Crippen molar-refractivity contribution in [1.29, 1.82) is 0 Å². The molecule has 1 aliphatic heterocycles. The van der Waals surface area contributed by atoms with Crippen LogP contribution in [-0.2, 0) is 16.0 Å². The average molecular weight is 421 g/mol. The number of hydrogen-bond acceptors (Lipinski definition) is 5. The standard InChI is InChI=1S/C23H28N6O2/c1-16-7-9-19(10-8-16)28(15-22(31)27-11-5-4-6-12-27)21(30)14-20-25-23-24-17(2)13-18(3)29(23)26-20/h7-10,13H,4-6,11-12,14-15H2,1-3H3. The minimum Gasteiger partial charge on any atom is -0.341 e. The van der Waals surface area contributed by atoms with Gasteiger partial charge < -0.3 is 9.80 Å². The van der Waals surface area contributed by atoms with Gasteiger partial charge in [-0.2, -0.15) is 4.98 Å². The number of carbonyl (C=O) groups excluding carboxylic acids is 2. The molecule has 0 bridgehead atoms. The number of amides is 2. The van der Waals surface area contributed by atoms with Gasteiger partial charge in [0.1, 0.15) is 6.54 Å². The number of benzene rings is 1. The van der Waals surface area contributed by atoms with Crippen LogP contribution in [0.4, 0.5) is 5.69 Å². The van der Waals surface area contributed by atoms with Crippen LogP contribution in [0.2, 0.25) is 0 Å². The first-order valence-electron chi connectivity index (χ1n) is 10.8. The van der Waals surface area contributed by atoms with Crippen molar-refractivity contribution in [3.05, 3.63) is 53.1 Å². The molecule has 1 saturated heterocycles. The molecule has 0 radical (unpaired) electrons. The third kappa shape index (κ3) is 4.73. The second-order valence-electron chi connectivity index (χ2n) is 8.21. The molecule has 1 aliphatic rings. The zero-order chi connectivity index (χ0) is 22.0. The topological polar surface area (TPSA) is 83.7 Å². The Morgan fingerprint density at radius 3 is 2.42 bits per heavy atom. The zero-order valence-corrected chi connectivity index (χ0v) is 18.3. The van der Waals surface area contributed by atoms with Gasteiger partial charge in [-0.05, 0) is 58.2 Å². The summed E-state index contributed by atoms with van der Waals surface area (Å²) in [6.45, 7) is 7.36. The smallest absolute Gasteiger partial charge is 0.252 e. The van der Waals surface area contributed by atoms with E-state index in [1.54, 1.807) is 9.42 Å². The first-order valence-corrected chi connectivity index (χ1v) is 10.8. The van der Waals surface area contributed by atoms with Crippen LogP contribution in [0.25, 0.3) is 5.78 Å². The highest BCUT2D eigenvalue weighted by molar-refractivity contribution is 5.99. The molecular weight excluding hydrogens is 392 g/mol. The van der Waals surface area contributed by atoms with E-state index in [4.69, 9.17) is 0 Å². The molecule has 31 heavy (non-hydrogen) atoms. The summed E-state index contributed by atoms with van der Waals surface area (Å²) >= 11 is 0. The Hall–Kier alpha value is -3.29. The fourth-order valence-electron chi connectivity index (χ4n) is 3.94. The normalized spacial score (nSPS) is 14.1. The Kier molecular flexibility index (Phi) is 5.97. The summed E-state index contributed by atoms with van der Waals surface area (Å²) in [6.07, 6.45) is 3.18. The number of rotatable bonds is 5. The molecule has 0 saturated carbocycles. The van der Waals surface area contributed by atoms with Gasteiger partial charge in [0.15, 0.2) is 5.82 Å². The lowest BCUT2D eigenvalue weighted by molar-refractivity contribution is -0.132. The molecule has 2 aromatic heterocycles. The van der Waals surface area contributed by atoms with Crippen LogP contribution in [0, 0.1) is 20.8 Å². The summed E-state index contributed by atoms with van der Waals surface area (Å²) < 4.78 is 1.64. The number of aryl methyl sites for hydroxylation is 3. The van der Waals surface area contributed by atoms with Crippen molar-refractivity contribution in [2.24, 2.45) is 0 Å². The third-order valence-electron chi connectivity index (χ3n) is 5.62. The molecule has 0 unspecified atom stereocenters. The highest BCUT2D eigenvalue weighted by atomic mass is 16.2. The van der Waals surface area contributed by atoms with E-state index in [0.717, 1.165) is 49.3 Å². The second-order valence-corrected chi connectivity index (χ2v) is 8.21. The van der Waals surface area contributed by atoms with Gasteiger partial charge >= 0.3 is 0 Å². The van der Waals surface area contributed by atoms with Gasteiger partial charge in [0, 0.05) is 30.2 Å². The number of nitrogens with zero attached hydrogens (tertiary/aromatic N) is 6. The molecule has 0 N–H and O–H groups in total. The molecule has 0 aliphatic carbocycles. The highest BCUT2D eigenvalue weighted by Crippen LogP contribution is 2.18. The first-order chi connectivity index (χ1) is 14.9. The molecule has 162 valence electrons. The van der Waals surface area contributed by atoms with E-state index in [1.165, 1.54) is 0 Å². The van der Waals surface area contributed by atoms with Gasteiger partial charge in [0.05, 0.1) is 6.42 Å². The van der Waals surface area contributed by atoms with Gasteiger partial charge in [0.2, 0.25) is 11.8 Å². The molecule has 1 fully saturated rings. The molecule has 0 spiro atoms. The first kappa shape index (κ1) is 21.0. The van der Waals surface area contributed by atoms with Crippen molar-refractivity contribution in [2.45, 2.75) is 46.5 Å². The Labute approximate surface area is 181 Å². The Bertz CT molecular complexity index is 1100. The summed E-state index contributed by atoms with van der Waals surface area (Å²) in [7, 11) is 0. The fourth-order valence-corrected chi connectivity index (χ4v) is 3.94. The van der Waals surface area contributed by atoms with Crippen LogP contribution in [0.1, 0.15) is 42.0 Å². The maximum Gasteiger partial charge on any atom is 0.252 e. The van der Waals surface area contributed by atoms with Crippen LogP contribution in [0.5, 0.6) is 0 Å². The summed E-state index contributed by atoms with van der Waals surface area (Å²) in [6, 6.07) is 9.56. The summed E-state index contributed by atoms with van der Waals surface area (Å²) in [4.78, 5) is 38.4. The van der Waals surface area contributed by atoms with Gasteiger partial charge in [-0.3, -0.25) is 9.59 Å². The zero-order valence-electron chi connectivity index (χ0n) is 18.3. The van der Waals surface area contributed by atoms with Crippen LogP contribution in [0.3, 0.4) is 0 Å². The van der Waals surface area contributed by atoms with Crippen LogP contribution >= 0.6 is 0 Å². The van der Waals surface area contributed by atoms with Gasteiger partial charge in [-0.15, -0.1) is 5.10 Å². The molecular formula is C23H28N6O2. The molecule has 8 nitrogen and oxygen atoms in total. The van der Waals surface area contributed by atoms with Crippen molar-refractivity contribution in [1.82, 2.24) is 24.5 Å². The van der Waals surface area contributed by atoms with Crippen LogP contribution < -0.4 is 4.90 Å². The number of fused-ring (bicyclic) bond motifs is 1. The van der Waals surface area contributed by atoms with E-state index in [9.17, 15) is 9.59 Å². The molecule has 8 heteroatoms. The average Bonchev–Trinajstić information content (AvgIpc) is 3.15. The molecule has 4 rings (SSSR count). The second kappa shape index (κ2) is 8.83. The fraction of sp³-hybridized carbons (Fsp3) is 0.435. The minimum absolute atomic E-state index is 0.00298. The van der Waals surface area contributed by atoms with E-state index in [0.29, 0.717) is 17.3 Å². The molecule has 2 amide bonds. The highest BCUT2D eigenvalue weighted by Gasteiger charge is 2.25. The summed E-state index contributed by atoms with van der Waals surface area (Å²) in [5.74, 6) is 0.643. The molecule has 3 aromatic rings. The quantitative estimate of drug-likeness (QED) is 0.634. The predicted octanol–water partition coefficient (Wildman–Crippen LogP) is 2.64. The van der Waals surface area contributed by atoms with E-state index >= 15 is 0 Å². The lowest BCUT2D eigenvalue weighted by atomic mass is 10.1. The minimum atomic E-state index is -0.209. The number of aromatic nitrogens is 4. The predicted molar refractivity (Wildman–Crippen MR) is 118 cm³/mol. The Morgan fingerprint density at radius 1 is 1.00 bits per heavy atom. The van der Waals surface area contributed by atoms with Gasteiger partial charge in [-0.1, -0.05) is 17.7 Å². The maximum absolute atomic E-state index is 13.3. The van der Waals surface area contributed by atoms with Crippen molar-refractivity contribution in [3.8, 4) is 0 Å². The Balaban J connectivity index is 1.58.